The standard InChI is InChI=1S/C14H8BrN3O3/c15-12-4-2-1-3-11(12)14-17-16-13(21-14)9-5-7-10(8-6-9)18(19)20/h1-8H. The summed E-state index contributed by atoms with van der Waals surface area (Å²) in [5, 5.41) is 18.6. The van der Waals surface area contributed by atoms with Gasteiger partial charge in [0.25, 0.3) is 5.69 Å². The Balaban J connectivity index is 1.95. The fourth-order valence-corrected chi connectivity index (χ4v) is 2.26. The van der Waals surface area contributed by atoms with Crippen molar-refractivity contribution in [3.05, 3.63) is 63.1 Å². The number of hydrogen-bond acceptors (Lipinski definition) is 5. The summed E-state index contributed by atoms with van der Waals surface area (Å²) in [5.74, 6) is 0.700. The Morgan fingerprint density at radius 3 is 2.33 bits per heavy atom. The van der Waals surface area contributed by atoms with Crippen LogP contribution in [0.4, 0.5) is 5.69 Å². The predicted octanol–water partition coefficient (Wildman–Crippen LogP) is 4.07. The van der Waals surface area contributed by atoms with Gasteiger partial charge >= 0.3 is 0 Å². The average Bonchev–Trinajstić information content (AvgIpc) is 2.97. The van der Waals surface area contributed by atoms with Crippen molar-refractivity contribution in [1.82, 2.24) is 10.2 Å². The van der Waals surface area contributed by atoms with Gasteiger partial charge in [-0.05, 0) is 40.2 Å². The lowest BCUT2D eigenvalue weighted by Gasteiger charge is -1.97. The summed E-state index contributed by atoms with van der Waals surface area (Å²) < 4.78 is 6.47. The SMILES string of the molecule is O=[N+]([O-])c1ccc(-c2nnc(-c3ccccc3Br)o2)cc1. The number of nitro groups is 1. The summed E-state index contributed by atoms with van der Waals surface area (Å²) in [6.45, 7) is 0. The highest BCUT2D eigenvalue weighted by molar-refractivity contribution is 9.10. The molecule has 0 aliphatic carbocycles. The minimum absolute atomic E-state index is 0.0179. The molecule has 0 N–H and O–H groups in total. The Morgan fingerprint density at radius 2 is 1.67 bits per heavy atom. The van der Waals surface area contributed by atoms with E-state index in [1.165, 1.54) is 12.1 Å². The molecule has 0 bridgehead atoms. The fraction of sp³-hybridized carbons (Fsp3) is 0. The fourth-order valence-electron chi connectivity index (χ4n) is 1.81. The van der Waals surface area contributed by atoms with Crippen LogP contribution < -0.4 is 0 Å². The Kier molecular flexibility index (Phi) is 3.49. The zero-order valence-electron chi connectivity index (χ0n) is 10.6. The lowest BCUT2D eigenvalue weighted by Crippen LogP contribution is -1.87. The van der Waals surface area contributed by atoms with Crippen LogP contribution in [0.25, 0.3) is 22.9 Å². The van der Waals surface area contributed by atoms with Crippen LogP contribution >= 0.6 is 15.9 Å². The van der Waals surface area contributed by atoms with Crippen LogP contribution in [-0.2, 0) is 0 Å². The van der Waals surface area contributed by atoms with Crippen molar-refractivity contribution >= 4 is 21.6 Å². The highest BCUT2D eigenvalue weighted by atomic mass is 79.9. The summed E-state index contributed by atoms with van der Waals surface area (Å²) >= 11 is 3.42. The molecule has 0 aliphatic rings. The highest BCUT2D eigenvalue weighted by Crippen LogP contribution is 2.29. The van der Waals surface area contributed by atoms with E-state index in [9.17, 15) is 10.1 Å². The van der Waals surface area contributed by atoms with Crippen LogP contribution in [0, 0.1) is 10.1 Å². The first-order chi connectivity index (χ1) is 10.1. The van der Waals surface area contributed by atoms with E-state index < -0.39 is 4.92 Å². The molecule has 3 rings (SSSR count). The van der Waals surface area contributed by atoms with E-state index in [0.29, 0.717) is 17.3 Å². The molecule has 0 spiro atoms. The number of aromatic nitrogens is 2. The van der Waals surface area contributed by atoms with Crippen LogP contribution in [0.5, 0.6) is 0 Å². The van der Waals surface area contributed by atoms with Crippen molar-refractivity contribution in [2.24, 2.45) is 0 Å². The number of halogens is 1. The molecule has 104 valence electrons. The van der Waals surface area contributed by atoms with Crippen LogP contribution in [-0.4, -0.2) is 15.1 Å². The zero-order valence-corrected chi connectivity index (χ0v) is 12.1. The predicted molar refractivity (Wildman–Crippen MR) is 79.5 cm³/mol. The van der Waals surface area contributed by atoms with Gasteiger partial charge in [-0.25, -0.2) is 0 Å². The van der Waals surface area contributed by atoms with Gasteiger partial charge in [-0.2, -0.15) is 0 Å². The number of rotatable bonds is 3. The van der Waals surface area contributed by atoms with E-state index in [0.717, 1.165) is 10.0 Å². The van der Waals surface area contributed by atoms with Gasteiger partial charge in [-0.3, -0.25) is 10.1 Å². The third-order valence-electron chi connectivity index (χ3n) is 2.85. The normalized spacial score (nSPS) is 10.5. The Morgan fingerprint density at radius 1 is 1.00 bits per heavy atom. The molecule has 0 atom stereocenters. The molecule has 0 fully saturated rings. The topological polar surface area (TPSA) is 82.1 Å². The largest absolute Gasteiger partial charge is 0.416 e. The number of hydrogen-bond donors (Lipinski definition) is 0. The molecule has 6 nitrogen and oxygen atoms in total. The lowest BCUT2D eigenvalue weighted by molar-refractivity contribution is -0.384. The van der Waals surface area contributed by atoms with Crippen molar-refractivity contribution < 1.29 is 9.34 Å². The second-order valence-corrected chi connectivity index (χ2v) is 5.05. The molecule has 0 amide bonds. The second kappa shape index (κ2) is 5.45. The maximum atomic E-state index is 10.6. The van der Waals surface area contributed by atoms with Crippen molar-refractivity contribution in [3.8, 4) is 22.9 Å². The van der Waals surface area contributed by atoms with E-state index in [4.69, 9.17) is 4.42 Å². The molecule has 0 unspecified atom stereocenters. The molecular weight excluding hydrogens is 338 g/mol. The highest BCUT2D eigenvalue weighted by Gasteiger charge is 2.13. The van der Waals surface area contributed by atoms with Gasteiger partial charge in [-0.1, -0.05) is 12.1 Å². The van der Waals surface area contributed by atoms with Crippen LogP contribution in [0.3, 0.4) is 0 Å². The van der Waals surface area contributed by atoms with Gasteiger partial charge in [0.2, 0.25) is 11.8 Å². The minimum Gasteiger partial charge on any atom is -0.416 e. The van der Waals surface area contributed by atoms with Crippen LogP contribution in [0.2, 0.25) is 0 Å². The molecule has 0 saturated carbocycles. The summed E-state index contributed by atoms with van der Waals surface area (Å²) in [4.78, 5) is 10.2. The van der Waals surface area contributed by atoms with Gasteiger partial charge in [-0.15, -0.1) is 10.2 Å². The van der Waals surface area contributed by atoms with Gasteiger partial charge < -0.3 is 4.42 Å². The third-order valence-corrected chi connectivity index (χ3v) is 3.55. The molecule has 1 heterocycles. The molecule has 0 saturated heterocycles. The van der Waals surface area contributed by atoms with Gasteiger partial charge in [0.15, 0.2) is 0 Å². The number of non-ortho nitro benzene ring substituents is 1. The lowest BCUT2D eigenvalue weighted by atomic mass is 10.2. The summed E-state index contributed by atoms with van der Waals surface area (Å²) in [5.41, 5.74) is 1.44. The number of benzene rings is 2. The first-order valence-electron chi connectivity index (χ1n) is 5.98. The van der Waals surface area contributed by atoms with E-state index in [1.807, 2.05) is 24.3 Å². The summed E-state index contributed by atoms with van der Waals surface area (Å²) in [7, 11) is 0. The molecular formula is C14H8BrN3O3. The van der Waals surface area contributed by atoms with E-state index in [-0.39, 0.29) is 5.69 Å². The maximum absolute atomic E-state index is 10.6. The first kappa shape index (κ1) is 13.4. The van der Waals surface area contributed by atoms with Crippen LogP contribution in [0.1, 0.15) is 0 Å². The van der Waals surface area contributed by atoms with Crippen molar-refractivity contribution in [3.63, 3.8) is 0 Å². The van der Waals surface area contributed by atoms with Gasteiger partial charge in [0.1, 0.15) is 0 Å². The monoisotopic (exact) mass is 345 g/mol. The van der Waals surface area contributed by atoms with E-state index in [1.54, 1.807) is 12.1 Å². The minimum atomic E-state index is -0.454. The van der Waals surface area contributed by atoms with E-state index >= 15 is 0 Å². The maximum Gasteiger partial charge on any atom is 0.269 e. The first-order valence-corrected chi connectivity index (χ1v) is 6.77. The Hall–Kier alpha value is -2.54. The Labute approximate surface area is 127 Å². The van der Waals surface area contributed by atoms with Crippen molar-refractivity contribution in [2.75, 3.05) is 0 Å². The van der Waals surface area contributed by atoms with Crippen molar-refractivity contribution in [1.29, 1.82) is 0 Å². The quantitative estimate of drug-likeness (QED) is 0.527. The van der Waals surface area contributed by atoms with Gasteiger partial charge in [0, 0.05) is 22.2 Å². The van der Waals surface area contributed by atoms with Crippen LogP contribution in [0.15, 0.2) is 57.4 Å². The number of nitrogens with zero attached hydrogens (tertiary/aromatic N) is 3. The molecule has 0 radical (unpaired) electrons. The Bertz CT molecular complexity index is 799. The average molecular weight is 346 g/mol. The smallest absolute Gasteiger partial charge is 0.269 e. The molecule has 1 aromatic heterocycles. The zero-order chi connectivity index (χ0) is 14.8. The molecule has 21 heavy (non-hydrogen) atoms. The van der Waals surface area contributed by atoms with Crippen molar-refractivity contribution in [2.45, 2.75) is 0 Å². The third kappa shape index (κ3) is 2.68. The summed E-state index contributed by atoms with van der Waals surface area (Å²) in [6, 6.07) is 13.5. The van der Waals surface area contributed by atoms with Gasteiger partial charge in [0.05, 0.1) is 10.5 Å². The molecule has 7 heteroatoms. The summed E-state index contributed by atoms with van der Waals surface area (Å²) in [6.07, 6.45) is 0. The second-order valence-electron chi connectivity index (χ2n) is 4.20. The van der Waals surface area contributed by atoms with E-state index in [2.05, 4.69) is 26.1 Å². The molecule has 2 aromatic carbocycles. The molecule has 0 aliphatic heterocycles. The molecule has 3 aromatic rings. The number of nitro benzene ring substituents is 1.